The second-order valence-corrected chi connectivity index (χ2v) is 9.19. The Morgan fingerprint density at radius 1 is 0.912 bits per heavy atom. The number of ether oxygens (including phenoxy) is 1. The normalized spacial score (nSPS) is 11.2. The van der Waals surface area contributed by atoms with Crippen molar-refractivity contribution in [3.63, 3.8) is 0 Å². The number of halogens is 5. The molecule has 0 bridgehead atoms. The standard InChI is InChI=1S/C15H11ClF3NO5S.C6H6ClN/c16-10-1-3-11(4-2-10)20(9-14(21)22)26(23,24)13-7-5-12(6-8-13)25-15(17,18)19;7-5-1-3-6(8)4-2-5/h1-8H,9H2,(H,21,22);1-4H,8H2. The van der Waals surface area contributed by atoms with Crippen molar-refractivity contribution in [1.29, 1.82) is 0 Å². The van der Waals surface area contributed by atoms with Crippen LogP contribution in [0.1, 0.15) is 0 Å². The van der Waals surface area contributed by atoms with Crippen LogP contribution in [0.4, 0.5) is 24.5 Å². The number of sulfonamides is 1. The quantitative estimate of drug-likeness (QED) is 0.406. The van der Waals surface area contributed by atoms with E-state index in [1.165, 1.54) is 24.3 Å². The lowest BCUT2D eigenvalue weighted by Gasteiger charge is -2.23. The van der Waals surface area contributed by atoms with E-state index in [-0.39, 0.29) is 5.69 Å². The van der Waals surface area contributed by atoms with Gasteiger partial charge in [-0.25, -0.2) is 8.42 Å². The van der Waals surface area contributed by atoms with Gasteiger partial charge in [-0.2, -0.15) is 0 Å². The Balaban J connectivity index is 0.000000430. The summed E-state index contributed by atoms with van der Waals surface area (Å²) in [5.41, 5.74) is 6.15. The summed E-state index contributed by atoms with van der Waals surface area (Å²) >= 11 is 11.3. The molecule has 0 saturated carbocycles. The topological polar surface area (TPSA) is 110 Å². The van der Waals surface area contributed by atoms with Crippen LogP contribution in [0.15, 0.2) is 77.7 Å². The number of alkyl halides is 3. The van der Waals surface area contributed by atoms with Crippen LogP contribution in [0.3, 0.4) is 0 Å². The molecule has 0 radical (unpaired) electrons. The van der Waals surface area contributed by atoms with Crippen LogP contribution in [0.2, 0.25) is 10.0 Å². The van der Waals surface area contributed by atoms with Crippen molar-refractivity contribution in [3.8, 4) is 5.75 Å². The largest absolute Gasteiger partial charge is 0.573 e. The molecule has 3 aromatic rings. The summed E-state index contributed by atoms with van der Waals surface area (Å²) in [7, 11) is -4.35. The maximum absolute atomic E-state index is 12.7. The molecule has 3 N–H and O–H groups in total. The van der Waals surface area contributed by atoms with E-state index in [4.69, 9.17) is 34.0 Å². The van der Waals surface area contributed by atoms with E-state index in [2.05, 4.69) is 4.74 Å². The van der Waals surface area contributed by atoms with Gasteiger partial charge in [0.25, 0.3) is 10.0 Å². The van der Waals surface area contributed by atoms with E-state index < -0.39 is 39.5 Å². The fraction of sp³-hybridized carbons (Fsp3) is 0.0952. The molecule has 0 spiro atoms. The van der Waals surface area contributed by atoms with Gasteiger partial charge in [0, 0.05) is 15.7 Å². The van der Waals surface area contributed by atoms with Crippen molar-refractivity contribution in [1.82, 2.24) is 0 Å². The zero-order valence-electron chi connectivity index (χ0n) is 17.0. The number of benzene rings is 3. The molecule has 0 saturated heterocycles. The zero-order chi connectivity index (χ0) is 25.5. The number of hydrogen-bond acceptors (Lipinski definition) is 5. The van der Waals surface area contributed by atoms with Gasteiger partial charge >= 0.3 is 12.3 Å². The number of carboxylic acids is 1. The molecule has 0 aliphatic carbocycles. The van der Waals surface area contributed by atoms with Gasteiger partial charge in [-0.1, -0.05) is 23.2 Å². The summed E-state index contributed by atoms with van der Waals surface area (Å²) in [6, 6.07) is 15.8. The molecule has 182 valence electrons. The number of nitrogens with zero attached hydrogens (tertiary/aromatic N) is 1. The summed E-state index contributed by atoms with van der Waals surface area (Å²) in [6.45, 7) is -0.884. The van der Waals surface area contributed by atoms with Gasteiger partial charge < -0.3 is 15.6 Å². The molecule has 0 atom stereocenters. The Kier molecular flexibility index (Phi) is 9.02. The van der Waals surface area contributed by atoms with Gasteiger partial charge in [-0.3, -0.25) is 9.10 Å². The third-order valence-electron chi connectivity index (χ3n) is 3.91. The SMILES string of the molecule is Nc1ccc(Cl)cc1.O=C(O)CN(c1ccc(Cl)cc1)S(=O)(=O)c1ccc(OC(F)(F)F)cc1. The number of hydrogen-bond donors (Lipinski definition) is 2. The van der Waals surface area contributed by atoms with E-state index in [0.717, 1.165) is 35.0 Å². The number of anilines is 2. The Morgan fingerprint density at radius 2 is 1.38 bits per heavy atom. The molecule has 3 rings (SSSR count). The van der Waals surface area contributed by atoms with Gasteiger partial charge in [-0.05, 0) is 72.8 Å². The first-order chi connectivity index (χ1) is 15.8. The molecular weight excluding hydrogens is 520 g/mol. The van der Waals surface area contributed by atoms with Crippen molar-refractivity contribution in [2.45, 2.75) is 11.3 Å². The highest BCUT2D eigenvalue weighted by atomic mass is 35.5. The number of carboxylic acid groups (broad SMARTS) is 1. The predicted molar refractivity (Wildman–Crippen MR) is 123 cm³/mol. The van der Waals surface area contributed by atoms with Crippen LogP contribution in [-0.4, -0.2) is 32.4 Å². The molecule has 0 heterocycles. The molecule has 0 aromatic heterocycles. The first-order valence-electron chi connectivity index (χ1n) is 9.15. The summed E-state index contributed by atoms with van der Waals surface area (Å²) in [4.78, 5) is 10.7. The second kappa shape index (κ2) is 11.3. The average Bonchev–Trinajstić information content (AvgIpc) is 2.74. The monoisotopic (exact) mass is 536 g/mol. The lowest BCUT2D eigenvalue weighted by Crippen LogP contribution is -2.35. The Bertz CT molecular complexity index is 1180. The minimum Gasteiger partial charge on any atom is -0.480 e. The number of nitrogens with two attached hydrogens (primary N) is 1. The van der Waals surface area contributed by atoms with E-state index in [1.54, 1.807) is 24.3 Å². The highest BCUT2D eigenvalue weighted by molar-refractivity contribution is 7.92. The van der Waals surface area contributed by atoms with Gasteiger partial charge in [-0.15, -0.1) is 13.2 Å². The highest BCUT2D eigenvalue weighted by Crippen LogP contribution is 2.28. The van der Waals surface area contributed by atoms with Crippen molar-refractivity contribution in [2.24, 2.45) is 0 Å². The molecular formula is C21H17Cl2F3N2O5S. The maximum atomic E-state index is 12.7. The van der Waals surface area contributed by atoms with Crippen LogP contribution in [-0.2, 0) is 14.8 Å². The Hall–Kier alpha value is -3.15. The van der Waals surface area contributed by atoms with Gasteiger partial charge in [0.2, 0.25) is 0 Å². The highest BCUT2D eigenvalue weighted by Gasteiger charge is 2.32. The molecule has 0 fully saturated rings. The van der Waals surface area contributed by atoms with Crippen LogP contribution in [0.25, 0.3) is 0 Å². The summed E-state index contributed by atoms with van der Waals surface area (Å²) in [5.74, 6) is -2.02. The van der Waals surface area contributed by atoms with Crippen LogP contribution >= 0.6 is 23.2 Å². The van der Waals surface area contributed by atoms with Crippen LogP contribution < -0.4 is 14.8 Å². The lowest BCUT2D eigenvalue weighted by molar-refractivity contribution is -0.274. The van der Waals surface area contributed by atoms with Gasteiger partial charge in [0.1, 0.15) is 12.3 Å². The molecule has 7 nitrogen and oxygen atoms in total. The summed E-state index contributed by atoms with van der Waals surface area (Å²) < 4.78 is 66.2. The van der Waals surface area contributed by atoms with E-state index in [1.807, 2.05) is 0 Å². The molecule has 0 amide bonds. The number of carbonyl (C=O) groups is 1. The third-order valence-corrected chi connectivity index (χ3v) is 6.20. The molecule has 0 aliphatic heterocycles. The van der Waals surface area contributed by atoms with Crippen molar-refractivity contribution < 1.29 is 36.2 Å². The van der Waals surface area contributed by atoms with Gasteiger partial charge in [0.05, 0.1) is 10.6 Å². The number of aliphatic carboxylic acids is 1. The fourth-order valence-electron chi connectivity index (χ4n) is 2.45. The first kappa shape index (κ1) is 27.1. The predicted octanol–water partition coefficient (Wildman–Crippen LogP) is 5.44. The number of nitrogen functional groups attached to an aromatic ring is 1. The number of rotatable bonds is 6. The van der Waals surface area contributed by atoms with Crippen LogP contribution in [0, 0.1) is 0 Å². The average molecular weight is 537 g/mol. The van der Waals surface area contributed by atoms with Crippen LogP contribution in [0.5, 0.6) is 5.75 Å². The molecule has 13 heteroatoms. The summed E-state index contributed by atoms with van der Waals surface area (Å²) in [6.07, 6.45) is -4.92. The summed E-state index contributed by atoms with van der Waals surface area (Å²) in [5, 5.41) is 10.0. The second-order valence-electron chi connectivity index (χ2n) is 6.45. The zero-order valence-corrected chi connectivity index (χ0v) is 19.4. The molecule has 0 unspecified atom stereocenters. The van der Waals surface area contributed by atoms with Crippen molar-refractivity contribution in [2.75, 3.05) is 16.6 Å². The molecule has 0 aliphatic rings. The maximum Gasteiger partial charge on any atom is 0.573 e. The Labute approximate surface area is 203 Å². The van der Waals surface area contributed by atoms with Crippen molar-refractivity contribution >= 4 is 50.6 Å². The van der Waals surface area contributed by atoms with E-state index in [9.17, 15) is 26.4 Å². The minimum absolute atomic E-state index is 0.0346. The minimum atomic E-state index is -4.92. The van der Waals surface area contributed by atoms with E-state index >= 15 is 0 Å². The van der Waals surface area contributed by atoms with Crippen molar-refractivity contribution in [3.05, 3.63) is 82.8 Å². The molecule has 34 heavy (non-hydrogen) atoms. The van der Waals surface area contributed by atoms with E-state index in [0.29, 0.717) is 9.33 Å². The lowest BCUT2D eigenvalue weighted by atomic mass is 10.3. The smallest absolute Gasteiger partial charge is 0.480 e. The fourth-order valence-corrected chi connectivity index (χ4v) is 4.11. The third kappa shape index (κ3) is 8.32. The molecule has 3 aromatic carbocycles. The first-order valence-corrected chi connectivity index (χ1v) is 11.3. The van der Waals surface area contributed by atoms with Gasteiger partial charge in [0.15, 0.2) is 0 Å². The Morgan fingerprint density at radius 3 is 1.79 bits per heavy atom.